The van der Waals surface area contributed by atoms with Crippen molar-refractivity contribution >= 4 is 17.0 Å². The van der Waals surface area contributed by atoms with Crippen LogP contribution in [0.5, 0.6) is 0 Å². The second-order valence-electron chi connectivity index (χ2n) is 4.86. The lowest BCUT2D eigenvalue weighted by Crippen LogP contribution is -2.48. The minimum absolute atomic E-state index is 0.281. The summed E-state index contributed by atoms with van der Waals surface area (Å²) in [5.74, 6) is 0.281. The number of hydrogen-bond acceptors (Lipinski definition) is 4. The van der Waals surface area contributed by atoms with E-state index in [1.54, 1.807) is 19.0 Å². The summed E-state index contributed by atoms with van der Waals surface area (Å²) in [5, 5.41) is 24.0. The SMILES string of the molecule is CN(C)c1n[n+](O)c2cc3c(cc2[n+]1O)CCC3. The normalized spacial score (nSPS) is 13.9. The quantitative estimate of drug-likeness (QED) is 0.544. The van der Waals surface area contributed by atoms with Crippen LogP contribution in [0.15, 0.2) is 12.1 Å². The molecule has 1 aliphatic rings. The molecule has 0 saturated heterocycles. The van der Waals surface area contributed by atoms with E-state index in [-0.39, 0.29) is 5.95 Å². The minimum Gasteiger partial charge on any atom is -0.370 e. The first-order valence-corrected chi connectivity index (χ1v) is 5.97. The third-order valence-corrected chi connectivity index (χ3v) is 3.41. The fraction of sp³-hybridized carbons (Fsp3) is 0.417. The van der Waals surface area contributed by atoms with E-state index >= 15 is 0 Å². The summed E-state index contributed by atoms with van der Waals surface area (Å²) < 4.78 is 1.01. The number of benzene rings is 1. The highest BCUT2D eigenvalue weighted by Gasteiger charge is 2.30. The number of aryl methyl sites for hydroxylation is 2. The van der Waals surface area contributed by atoms with Gasteiger partial charge in [0, 0.05) is 6.07 Å². The average molecular weight is 248 g/mol. The molecule has 94 valence electrons. The smallest absolute Gasteiger partial charge is 0.370 e. The Hall–Kier alpha value is -2.11. The van der Waals surface area contributed by atoms with Gasteiger partial charge in [-0.2, -0.15) is 0 Å². The highest BCUT2D eigenvalue weighted by Crippen LogP contribution is 2.24. The Morgan fingerprint density at radius 1 is 1.11 bits per heavy atom. The van der Waals surface area contributed by atoms with Gasteiger partial charge in [-0.05, 0) is 41.2 Å². The monoisotopic (exact) mass is 248 g/mol. The van der Waals surface area contributed by atoms with E-state index in [0.29, 0.717) is 11.0 Å². The van der Waals surface area contributed by atoms with Crippen molar-refractivity contribution in [3.63, 3.8) is 0 Å². The molecule has 0 spiro atoms. The summed E-state index contributed by atoms with van der Waals surface area (Å²) in [7, 11) is 3.52. The Morgan fingerprint density at radius 2 is 1.72 bits per heavy atom. The van der Waals surface area contributed by atoms with Gasteiger partial charge >= 0.3 is 11.5 Å². The molecule has 1 aliphatic carbocycles. The van der Waals surface area contributed by atoms with Crippen molar-refractivity contribution < 1.29 is 20.0 Å². The van der Waals surface area contributed by atoms with E-state index < -0.39 is 0 Å². The predicted octanol–water partition coefficient (Wildman–Crippen LogP) is -0.161. The van der Waals surface area contributed by atoms with Gasteiger partial charge in [0.15, 0.2) is 0 Å². The molecule has 0 amide bonds. The number of rotatable bonds is 1. The summed E-state index contributed by atoms with van der Waals surface area (Å²) in [4.78, 5) is 2.47. The summed E-state index contributed by atoms with van der Waals surface area (Å²) >= 11 is 0. The van der Waals surface area contributed by atoms with Gasteiger partial charge in [-0.1, -0.05) is 0 Å². The van der Waals surface area contributed by atoms with Crippen LogP contribution in [-0.4, -0.2) is 29.6 Å². The van der Waals surface area contributed by atoms with Crippen molar-refractivity contribution in [3.8, 4) is 0 Å². The molecule has 1 heterocycles. The fourth-order valence-electron chi connectivity index (χ4n) is 2.50. The Labute approximate surface area is 104 Å². The second kappa shape index (κ2) is 3.69. The average Bonchev–Trinajstić information content (AvgIpc) is 2.78. The maximum atomic E-state index is 10.2. The molecule has 1 aromatic heterocycles. The molecule has 0 aliphatic heterocycles. The van der Waals surface area contributed by atoms with E-state index in [1.165, 1.54) is 11.1 Å². The largest absolute Gasteiger partial charge is 0.502 e. The zero-order valence-electron chi connectivity index (χ0n) is 10.5. The number of hydrogen-bond donors (Lipinski definition) is 2. The molecule has 0 radical (unpaired) electrons. The molecular weight excluding hydrogens is 232 g/mol. The lowest BCUT2D eigenvalue weighted by Gasteiger charge is -2.04. The number of aromatic nitrogens is 3. The summed E-state index contributed by atoms with van der Waals surface area (Å²) in [6.07, 6.45) is 3.17. The topological polar surface area (TPSA) is 64.4 Å². The molecule has 0 fully saturated rings. The van der Waals surface area contributed by atoms with Crippen LogP contribution in [-0.2, 0) is 12.8 Å². The molecule has 2 N–H and O–H groups in total. The van der Waals surface area contributed by atoms with Crippen LogP contribution < -0.4 is 14.5 Å². The molecule has 18 heavy (non-hydrogen) atoms. The number of fused-ring (bicyclic) bond motifs is 2. The Bertz CT molecular complexity index is 640. The molecule has 6 nitrogen and oxygen atoms in total. The highest BCUT2D eigenvalue weighted by molar-refractivity contribution is 5.70. The molecular formula is C12H16N4O2+2. The van der Waals surface area contributed by atoms with Crippen LogP contribution in [0.25, 0.3) is 11.0 Å². The van der Waals surface area contributed by atoms with Gasteiger partial charge in [-0.25, -0.2) is 5.21 Å². The summed E-state index contributed by atoms with van der Waals surface area (Å²) in [5.41, 5.74) is 3.55. The molecule has 1 aromatic carbocycles. The van der Waals surface area contributed by atoms with Crippen molar-refractivity contribution in [2.45, 2.75) is 19.3 Å². The first kappa shape index (κ1) is 11.0. The number of anilines is 1. The molecule has 0 bridgehead atoms. The van der Waals surface area contributed by atoms with Crippen LogP contribution in [0.2, 0.25) is 0 Å². The van der Waals surface area contributed by atoms with Gasteiger partial charge in [0.05, 0.1) is 14.1 Å². The van der Waals surface area contributed by atoms with E-state index in [9.17, 15) is 10.4 Å². The first-order chi connectivity index (χ1) is 8.58. The molecule has 0 saturated carbocycles. The van der Waals surface area contributed by atoms with Crippen molar-refractivity contribution in [2.75, 3.05) is 19.0 Å². The van der Waals surface area contributed by atoms with E-state index in [1.807, 2.05) is 12.1 Å². The van der Waals surface area contributed by atoms with Crippen LogP contribution in [0.3, 0.4) is 0 Å². The lowest BCUT2D eigenvalue weighted by atomic mass is 10.1. The third-order valence-electron chi connectivity index (χ3n) is 3.41. The highest BCUT2D eigenvalue weighted by atomic mass is 16.5. The predicted molar refractivity (Wildman–Crippen MR) is 62.9 cm³/mol. The molecule has 0 atom stereocenters. The summed E-state index contributed by atoms with van der Waals surface area (Å²) in [6.45, 7) is 0. The van der Waals surface area contributed by atoms with Gasteiger partial charge in [-0.3, -0.25) is 4.90 Å². The fourth-order valence-corrected chi connectivity index (χ4v) is 2.50. The molecule has 0 unspecified atom stereocenters. The van der Waals surface area contributed by atoms with Crippen molar-refractivity contribution in [2.24, 2.45) is 0 Å². The maximum absolute atomic E-state index is 10.2. The van der Waals surface area contributed by atoms with Gasteiger partial charge in [0.25, 0.3) is 5.10 Å². The van der Waals surface area contributed by atoms with E-state index in [2.05, 4.69) is 5.10 Å². The first-order valence-electron chi connectivity index (χ1n) is 5.97. The van der Waals surface area contributed by atoms with Gasteiger partial charge in [0.1, 0.15) is 0 Å². The molecule has 3 rings (SSSR count). The van der Waals surface area contributed by atoms with Crippen LogP contribution >= 0.6 is 0 Å². The van der Waals surface area contributed by atoms with Gasteiger partial charge < -0.3 is 5.21 Å². The van der Waals surface area contributed by atoms with Gasteiger partial charge in [-0.15, -0.1) is 0 Å². The van der Waals surface area contributed by atoms with Crippen LogP contribution in [0.4, 0.5) is 5.95 Å². The Morgan fingerprint density at radius 3 is 2.33 bits per heavy atom. The Kier molecular flexibility index (Phi) is 2.26. The van der Waals surface area contributed by atoms with Crippen molar-refractivity contribution in [1.82, 2.24) is 5.10 Å². The number of nitrogens with zero attached hydrogens (tertiary/aromatic N) is 4. The zero-order valence-corrected chi connectivity index (χ0v) is 10.5. The zero-order chi connectivity index (χ0) is 12.9. The van der Waals surface area contributed by atoms with Crippen LogP contribution in [0.1, 0.15) is 17.5 Å². The third kappa shape index (κ3) is 1.45. The van der Waals surface area contributed by atoms with Gasteiger partial charge in [0.2, 0.25) is 10.4 Å². The Balaban J connectivity index is 2.36. The van der Waals surface area contributed by atoms with E-state index in [0.717, 1.165) is 28.8 Å². The molecule has 6 heteroatoms. The standard InChI is InChI=1S/C12H16N4O2/c1-14(2)12-13-16(18)11-7-9-5-3-4-8(9)6-10(11)15(12)17/h6-7,17H,3-5H2,1-2H3,(H,13,18)/q+2. The summed E-state index contributed by atoms with van der Waals surface area (Å²) in [6, 6.07) is 3.83. The second-order valence-corrected chi connectivity index (χ2v) is 4.86. The maximum Gasteiger partial charge on any atom is 0.502 e. The van der Waals surface area contributed by atoms with Crippen LogP contribution in [0, 0.1) is 0 Å². The van der Waals surface area contributed by atoms with Crippen molar-refractivity contribution in [1.29, 1.82) is 0 Å². The minimum atomic E-state index is 0.281. The van der Waals surface area contributed by atoms with E-state index in [4.69, 9.17) is 0 Å². The van der Waals surface area contributed by atoms with Crippen molar-refractivity contribution in [3.05, 3.63) is 23.3 Å². The lowest BCUT2D eigenvalue weighted by molar-refractivity contribution is -0.951. The molecule has 2 aromatic rings.